The van der Waals surface area contributed by atoms with Gasteiger partial charge in [0.25, 0.3) is 15.9 Å². The second kappa shape index (κ2) is 11.0. The highest BCUT2D eigenvalue weighted by atomic mass is 32.2. The van der Waals surface area contributed by atoms with Gasteiger partial charge in [-0.25, -0.2) is 14.5 Å². The number of carboxylic acid groups (broad SMARTS) is 1. The van der Waals surface area contributed by atoms with Gasteiger partial charge in [0.1, 0.15) is 11.6 Å². The lowest BCUT2D eigenvalue weighted by Gasteiger charge is -2.33. The van der Waals surface area contributed by atoms with Crippen LogP contribution in [0.25, 0.3) is 0 Å². The zero-order valence-electron chi connectivity index (χ0n) is 22.2. The number of piperidine rings is 1. The van der Waals surface area contributed by atoms with Gasteiger partial charge in [0.2, 0.25) is 0 Å². The van der Waals surface area contributed by atoms with Gasteiger partial charge in [0.15, 0.2) is 10.6 Å². The van der Waals surface area contributed by atoms with Gasteiger partial charge >= 0.3 is 6.09 Å². The third-order valence-corrected chi connectivity index (χ3v) is 9.22. The molecule has 2 amide bonds. The molecule has 2 heterocycles. The fourth-order valence-corrected chi connectivity index (χ4v) is 6.71. The number of benzene rings is 1. The fourth-order valence-electron chi connectivity index (χ4n) is 5.71. The number of nitrogens with zero attached hydrogens (tertiary/aromatic N) is 2. The summed E-state index contributed by atoms with van der Waals surface area (Å²) in [4.78, 5) is 30.5. The van der Waals surface area contributed by atoms with Gasteiger partial charge in [-0.05, 0) is 61.8 Å². The number of hydrogen-bond donors (Lipinski definition) is 3. The average molecular weight is 557 g/mol. The lowest BCUT2D eigenvalue weighted by atomic mass is 9.83. The van der Waals surface area contributed by atoms with Gasteiger partial charge in [0.05, 0.1) is 0 Å². The smallest absolute Gasteiger partial charge is 0.404 e. The number of pyridine rings is 1. The first-order valence-electron chi connectivity index (χ1n) is 13.7. The molecule has 0 bridgehead atoms. The van der Waals surface area contributed by atoms with Gasteiger partial charge in [-0.2, -0.15) is 8.42 Å². The lowest BCUT2D eigenvalue weighted by molar-refractivity contribution is -0.128. The van der Waals surface area contributed by atoms with Gasteiger partial charge in [-0.1, -0.05) is 43.5 Å². The van der Waals surface area contributed by atoms with E-state index in [1.807, 2.05) is 24.0 Å². The number of carbonyl (C=O) groups excluding carboxylic acids is 1. The molecule has 11 heteroatoms. The zero-order chi connectivity index (χ0) is 27.6. The minimum atomic E-state index is -4.26. The Kier molecular flexibility index (Phi) is 7.70. The molecule has 39 heavy (non-hydrogen) atoms. The number of rotatable bonds is 8. The molecule has 1 saturated heterocycles. The highest BCUT2D eigenvalue weighted by Crippen LogP contribution is 2.46. The SMILES string of the molecule is Cc1cccc(C2CCCCC2)c1OC1(C(=O)NS(=O)(=O)c2cccc(N3CCCC(NC(=O)O)C3)n2)CC1. The van der Waals surface area contributed by atoms with Gasteiger partial charge < -0.3 is 20.1 Å². The predicted molar refractivity (Wildman–Crippen MR) is 146 cm³/mol. The summed E-state index contributed by atoms with van der Waals surface area (Å²) in [5, 5.41) is 11.3. The maximum Gasteiger partial charge on any atom is 0.404 e. The van der Waals surface area contributed by atoms with Crippen LogP contribution >= 0.6 is 0 Å². The summed E-state index contributed by atoms with van der Waals surface area (Å²) >= 11 is 0. The van der Waals surface area contributed by atoms with E-state index in [0.717, 1.165) is 30.4 Å². The number of amides is 2. The van der Waals surface area contributed by atoms with Crippen LogP contribution in [0.15, 0.2) is 41.4 Å². The quantitative estimate of drug-likeness (QED) is 0.442. The van der Waals surface area contributed by atoms with Crippen LogP contribution in [0.1, 0.15) is 74.8 Å². The fraction of sp³-hybridized carbons (Fsp3) is 0.536. The van der Waals surface area contributed by atoms with Crippen molar-refractivity contribution in [3.05, 3.63) is 47.5 Å². The summed E-state index contributed by atoms with van der Waals surface area (Å²) in [6.07, 6.45) is 6.95. The van der Waals surface area contributed by atoms with Crippen LogP contribution < -0.4 is 19.7 Å². The standard InChI is InChI=1S/C28H36N4O6S/c1-19-8-5-12-22(20-9-3-2-4-10-20)25(19)38-28(15-16-28)26(33)31-39(36,37)24-14-6-13-23(30-24)32-17-7-11-21(18-32)29-27(34)35/h5-6,8,12-14,20-21,29H,2-4,7,9-11,15-18H2,1H3,(H,31,33)(H,34,35). The molecule has 2 aliphatic carbocycles. The molecule has 10 nitrogen and oxygen atoms in total. The van der Waals surface area contributed by atoms with Crippen LogP contribution in [0.2, 0.25) is 0 Å². The molecule has 2 saturated carbocycles. The Morgan fingerprint density at radius 2 is 1.79 bits per heavy atom. The number of anilines is 1. The van der Waals surface area contributed by atoms with Gasteiger partial charge in [0, 0.05) is 32.0 Å². The van der Waals surface area contributed by atoms with Crippen molar-refractivity contribution in [3.63, 3.8) is 0 Å². The number of para-hydroxylation sites is 1. The largest absolute Gasteiger partial charge is 0.477 e. The van der Waals surface area contributed by atoms with Crippen LogP contribution in [0.3, 0.4) is 0 Å². The van der Waals surface area contributed by atoms with Crippen molar-refractivity contribution in [3.8, 4) is 5.75 Å². The van der Waals surface area contributed by atoms with E-state index in [9.17, 15) is 18.0 Å². The Bertz CT molecular complexity index is 1340. The highest BCUT2D eigenvalue weighted by Gasteiger charge is 2.54. The Labute approximate surface area is 229 Å². The molecule has 3 N–H and O–H groups in total. The molecule has 5 rings (SSSR count). The molecule has 3 fully saturated rings. The summed E-state index contributed by atoms with van der Waals surface area (Å²) in [6, 6.07) is 10.4. The summed E-state index contributed by atoms with van der Waals surface area (Å²) in [5.41, 5.74) is 0.817. The van der Waals surface area contributed by atoms with Crippen molar-refractivity contribution in [2.45, 2.75) is 87.3 Å². The van der Waals surface area contributed by atoms with Crippen LogP contribution in [-0.4, -0.2) is 55.2 Å². The van der Waals surface area contributed by atoms with E-state index in [2.05, 4.69) is 21.1 Å². The van der Waals surface area contributed by atoms with Gasteiger partial charge in [-0.15, -0.1) is 0 Å². The van der Waals surface area contributed by atoms with Crippen LogP contribution in [0, 0.1) is 6.92 Å². The summed E-state index contributed by atoms with van der Waals surface area (Å²) in [7, 11) is -4.26. The lowest BCUT2D eigenvalue weighted by Crippen LogP contribution is -2.47. The number of ether oxygens (including phenoxy) is 1. The van der Waals surface area contributed by atoms with E-state index in [1.165, 1.54) is 25.3 Å². The van der Waals surface area contributed by atoms with Gasteiger partial charge in [-0.3, -0.25) is 4.79 Å². The molecule has 1 atom stereocenters. The molecular weight excluding hydrogens is 520 g/mol. The molecule has 0 radical (unpaired) electrons. The van der Waals surface area contributed by atoms with E-state index < -0.39 is 27.6 Å². The first-order chi connectivity index (χ1) is 18.7. The third kappa shape index (κ3) is 6.13. The molecule has 1 aromatic heterocycles. The minimum Gasteiger partial charge on any atom is -0.477 e. The van der Waals surface area contributed by atoms with E-state index in [0.29, 0.717) is 49.8 Å². The molecule has 210 valence electrons. The number of carbonyl (C=O) groups is 2. The Morgan fingerprint density at radius 1 is 1.05 bits per heavy atom. The minimum absolute atomic E-state index is 0.267. The molecule has 2 aromatic rings. The van der Waals surface area contributed by atoms with E-state index in [-0.39, 0.29) is 11.1 Å². The first kappa shape index (κ1) is 27.2. The van der Waals surface area contributed by atoms with E-state index in [1.54, 1.807) is 12.1 Å². The maximum atomic E-state index is 13.3. The van der Waals surface area contributed by atoms with Crippen molar-refractivity contribution >= 4 is 27.8 Å². The van der Waals surface area contributed by atoms with Crippen molar-refractivity contribution in [2.75, 3.05) is 18.0 Å². The predicted octanol–water partition coefficient (Wildman–Crippen LogP) is 4.09. The number of aryl methyl sites for hydroxylation is 1. The number of aromatic nitrogens is 1. The number of hydrogen-bond acceptors (Lipinski definition) is 7. The first-order valence-corrected chi connectivity index (χ1v) is 15.2. The summed E-state index contributed by atoms with van der Waals surface area (Å²) in [5.74, 6) is 0.806. The second-order valence-corrected chi connectivity index (χ2v) is 12.6. The molecule has 3 aliphatic rings. The van der Waals surface area contributed by atoms with Crippen molar-refractivity contribution in [2.24, 2.45) is 0 Å². The molecule has 1 aliphatic heterocycles. The van der Waals surface area contributed by atoms with Crippen LogP contribution in [0.5, 0.6) is 5.75 Å². The third-order valence-electron chi connectivity index (χ3n) is 7.99. The van der Waals surface area contributed by atoms with E-state index in [4.69, 9.17) is 9.84 Å². The number of sulfonamides is 1. The van der Waals surface area contributed by atoms with E-state index >= 15 is 0 Å². The topological polar surface area (TPSA) is 138 Å². The summed E-state index contributed by atoms with van der Waals surface area (Å²) in [6.45, 7) is 2.96. The normalized spacial score (nSPS) is 21.2. The summed E-state index contributed by atoms with van der Waals surface area (Å²) < 4.78 is 35.1. The highest BCUT2D eigenvalue weighted by molar-refractivity contribution is 7.90. The van der Waals surface area contributed by atoms with Crippen molar-refractivity contribution < 1.29 is 27.9 Å². The zero-order valence-corrected chi connectivity index (χ0v) is 23.0. The Hall–Kier alpha value is -3.34. The second-order valence-electron chi connectivity index (χ2n) is 10.9. The number of nitrogens with one attached hydrogen (secondary N) is 2. The molecular formula is C28H36N4O6S. The average Bonchev–Trinajstić information content (AvgIpc) is 3.71. The molecule has 1 aromatic carbocycles. The van der Waals surface area contributed by atoms with Crippen molar-refractivity contribution in [1.82, 2.24) is 15.0 Å². The molecule has 1 unspecified atom stereocenters. The van der Waals surface area contributed by atoms with Crippen molar-refractivity contribution in [1.29, 1.82) is 0 Å². The maximum absolute atomic E-state index is 13.3. The van der Waals surface area contributed by atoms with Crippen LogP contribution in [-0.2, 0) is 14.8 Å². The molecule has 0 spiro atoms. The van der Waals surface area contributed by atoms with Crippen LogP contribution in [0.4, 0.5) is 10.6 Å². The Balaban J connectivity index is 1.31. The Morgan fingerprint density at radius 3 is 2.51 bits per heavy atom. The monoisotopic (exact) mass is 556 g/mol.